The number of ether oxygens (including phenoxy) is 5. The van der Waals surface area contributed by atoms with Gasteiger partial charge in [0.1, 0.15) is 19.3 Å². The maximum atomic E-state index is 14.2. The maximum absolute atomic E-state index is 14.2. The van der Waals surface area contributed by atoms with Gasteiger partial charge in [-0.1, -0.05) is 71.9 Å². The first-order valence-corrected chi connectivity index (χ1v) is 27.6. The van der Waals surface area contributed by atoms with Crippen LogP contribution in [0.3, 0.4) is 0 Å². The molecule has 4 unspecified atom stereocenters. The summed E-state index contributed by atoms with van der Waals surface area (Å²) in [6.45, 7) is 15.1. The average molecular weight is 984 g/mol. The van der Waals surface area contributed by atoms with Gasteiger partial charge in [-0.15, -0.1) is 0 Å². The molecule has 0 spiro atoms. The molecular formula is C43H71ClN4O13S3. The lowest BCUT2D eigenvalue weighted by atomic mass is 9.77. The number of sulfonamides is 2. The van der Waals surface area contributed by atoms with Gasteiger partial charge in [0.15, 0.2) is 17.8 Å². The number of aliphatic hydroxyl groups is 1. The zero-order valence-electron chi connectivity index (χ0n) is 38.5. The summed E-state index contributed by atoms with van der Waals surface area (Å²) in [5.74, 6) is 1.41. The zero-order chi connectivity index (χ0) is 47.9. The summed E-state index contributed by atoms with van der Waals surface area (Å²) >= 11 is 0. The van der Waals surface area contributed by atoms with Crippen LogP contribution in [0.15, 0.2) is 53.4 Å². The number of aliphatic hydroxyl groups excluding tert-OH is 1. The Morgan fingerprint density at radius 1 is 0.938 bits per heavy atom. The molecule has 366 valence electrons. The van der Waals surface area contributed by atoms with Crippen LogP contribution in [0.2, 0.25) is 0 Å². The summed E-state index contributed by atoms with van der Waals surface area (Å²) < 4.78 is 101. The maximum Gasteiger partial charge on any atom is 0.407 e. The lowest BCUT2D eigenvalue weighted by Gasteiger charge is -2.35. The van der Waals surface area contributed by atoms with Crippen molar-refractivity contribution in [2.24, 2.45) is 28.4 Å². The number of nitrogens with two attached hydrogens (primary N) is 1. The van der Waals surface area contributed by atoms with E-state index in [1.54, 1.807) is 6.07 Å². The highest BCUT2D eigenvalue weighted by Crippen LogP contribution is 2.36. The molecule has 2 fully saturated rings. The first-order chi connectivity index (χ1) is 29.7. The second-order valence-electron chi connectivity index (χ2n) is 18.2. The number of benzene rings is 2. The summed E-state index contributed by atoms with van der Waals surface area (Å²) in [7, 11) is -5.82. The molecule has 21 heteroatoms. The highest BCUT2D eigenvalue weighted by molar-refractivity contribution is 8.13. The molecule has 64 heavy (non-hydrogen) atoms. The van der Waals surface area contributed by atoms with Crippen LogP contribution in [0.1, 0.15) is 79.2 Å². The van der Waals surface area contributed by atoms with Gasteiger partial charge in [-0.3, -0.25) is 0 Å². The van der Waals surface area contributed by atoms with Crippen molar-refractivity contribution in [3.05, 3.63) is 54.1 Å². The fraction of sp³-hybridized carbons (Fsp3) is 0.698. The lowest BCUT2D eigenvalue weighted by Crippen LogP contribution is -2.52. The molecule has 5 N–H and O–H groups in total. The van der Waals surface area contributed by atoms with E-state index < -0.39 is 58.9 Å². The molecule has 17 nitrogen and oxygen atoms in total. The SMILES string of the molecule is CC(C)(CCCN)CN(CC(O)[C@H](Cc1ccccc1)NC(=O)OC1COC2OCCC12)S(=O)(=O)c1ccc2c(c1)OCCO2.CC(C)C(C)(C)CCCNS(C)(=O)=O.CS(=O)(=O)Cl. The number of alkyl carbamates (subject to hydrolysis) is 1. The highest BCUT2D eigenvalue weighted by atomic mass is 35.7. The number of fused-ring (bicyclic) bond motifs is 2. The third-order valence-electron chi connectivity index (χ3n) is 11.4. The number of amides is 1. The minimum Gasteiger partial charge on any atom is -0.486 e. The van der Waals surface area contributed by atoms with Crippen LogP contribution in [-0.4, -0.2) is 130 Å². The van der Waals surface area contributed by atoms with Gasteiger partial charge in [-0.2, -0.15) is 4.31 Å². The van der Waals surface area contributed by atoms with Gasteiger partial charge in [-0.25, -0.2) is 34.8 Å². The number of halogens is 1. The predicted octanol–water partition coefficient (Wildman–Crippen LogP) is 4.86. The van der Waals surface area contributed by atoms with Crippen LogP contribution in [0, 0.1) is 22.7 Å². The molecule has 1 amide bonds. The molecule has 0 aromatic heterocycles. The van der Waals surface area contributed by atoms with Crippen molar-refractivity contribution in [3.8, 4) is 11.5 Å². The minimum absolute atomic E-state index is 0.0233. The van der Waals surface area contributed by atoms with Crippen LogP contribution < -0.4 is 25.2 Å². The van der Waals surface area contributed by atoms with E-state index in [1.807, 2.05) is 44.2 Å². The summed E-state index contributed by atoms with van der Waals surface area (Å²) in [6, 6.07) is 13.0. The van der Waals surface area contributed by atoms with Crippen LogP contribution in [-0.2, 0) is 49.7 Å². The molecule has 3 heterocycles. The van der Waals surface area contributed by atoms with Gasteiger partial charge in [0.05, 0.1) is 48.7 Å². The van der Waals surface area contributed by atoms with Crippen LogP contribution in [0.4, 0.5) is 4.79 Å². The summed E-state index contributed by atoms with van der Waals surface area (Å²) in [4.78, 5) is 13.2. The third kappa shape index (κ3) is 19.6. The van der Waals surface area contributed by atoms with E-state index in [1.165, 1.54) is 22.7 Å². The Morgan fingerprint density at radius 3 is 2.19 bits per heavy atom. The molecule has 3 aliphatic rings. The fourth-order valence-corrected chi connectivity index (χ4v) is 9.34. The Kier molecular flexibility index (Phi) is 21.5. The molecule has 0 radical (unpaired) electrons. The average Bonchev–Trinajstić information content (AvgIpc) is 3.83. The molecule has 5 rings (SSSR count). The van der Waals surface area contributed by atoms with Gasteiger partial charge < -0.3 is 39.8 Å². The van der Waals surface area contributed by atoms with E-state index >= 15 is 0 Å². The smallest absolute Gasteiger partial charge is 0.407 e. The Bertz CT molecular complexity index is 2090. The molecule has 2 saturated heterocycles. The van der Waals surface area contributed by atoms with Crippen LogP contribution >= 0.6 is 10.7 Å². The van der Waals surface area contributed by atoms with E-state index in [-0.39, 0.29) is 43.2 Å². The molecular weight excluding hydrogens is 912 g/mol. The van der Waals surface area contributed by atoms with E-state index in [4.69, 9.17) is 29.4 Å². The minimum atomic E-state index is -4.12. The summed E-state index contributed by atoms with van der Waals surface area (Å²) in [5, 5.41) is 14.5. The van der Waals surface area contributed by atoms with Gasteiger partial charge in [0, 0.05) is 36.4 Å². The third-order valence-corrected chi connectivity index (χ3v) is 14.0. The predicted molar refractivity (Wildman–Crippen MR) is 247 cm³/mol. The first kappa shape index (κ1) is 55.5. The number of hydrogen-bond donors (Lipinski definition) is 4. The fourth-order valence-electron chi connectivity index (χ4n) is 7.17. The van der Waals surface area contributed by atoms with Crippen LogP contribution in [0.25, 0.3) is 0 Å². The van der Waals surface area contributed by atoms with Gasteiger partial charge in [0.2, 0.25) is 29.1 Å². The molecule has 0 saturated carbocycles. The monoisotopic (exact) mass is 982 g/mol. The molecule has 0 bridgehead atoms. The molecule has 3 aliphatic heterocycles. The van der Waals surface area contributed by atoms with E-state index in [0.717, 1.165) is 37.5 Å². The second kappa shape index (κ2) is 24.8. The standard InChI is InChI=1S/C32H45N3O9S.C10H23NO2S.CH3ClO2S/c1-32(2,12-6-13-33)21-35(45(38,39)23-9-10-27-28(18-23)41-16-15-40-27)19-26(36)25(17-22-7-4-3-5-8-22)34-31(37)44-29-20-43-30-24(29)11-14-42-30;1-9(2)10(3,4)7-6-8-11-14(5,12)13;1-5(2,3)4/h3-5,7-10,18,24-26,29-30,36H,6,11-17,19-21,33H2,1-2H3,(H,34,37);9,11H,6-8H2,1-5H3;1H3/t24?,25-,26?,29?,30?;;/m0../s1. The van der Waals surface area contributed by atoms with E-state index in [9.17, 15) is 35.2 Å². The summed E-state index contributed by atoms with van der Waals surface area (Å²) in [6.07, 6.45) is 3.61. The van der Waals surface area contributed by atoms with Crippen molar-refractivity contribution in [1.82, 2.24) is 14.3 Å². The highest BCUT2D eigenvalue weighted by Gasteiger charge is 2.44. The number of carbonyl (C=O) groups excluding carboxylic acids is 1. The van der Waals surface area contributed by atoms with E-state index in [0.29, 0.717) is 62.2 Å². The van der Waals surface area contributed by atoms with Gasteiger partial charge in [-0.05, 0) is 79.5 Å². The number of nitrogens with one attached hydrogen (secondary N) is 2. The van der Waals surface area contributed by atoms with Crippen molar-refractivity contribution in [2.75, 3.05) is 65.1 Å². The largest absolute Gasteiger partial charge is 0.486 e. The van der Waals surface area contributed by atoms with Crippen molar-refractivity contribution in [1.29, 1.82) is 0 Å². The molecule has 2 aromatic carbocycles. The van der Waals surface area contributed by atoms with Crippen molar-refractivity contribution in [2.45, 2.75) is 110 Å². The molecule has 5 atom stereocenters. The normalized spacial score (nSPS) is 19.7. The van der Waals surface area contributed by atoms with Gasteiger partial charge in [0.25, 0.3) is 0 Å². The van der Waals surface area contributed by atoms with Crippen molar-refractivity contribution < 1.29 is 58.8 Å². The molecule has 2 aromatic rings. The van der Waals surface area contributed by atoms with Crippen molar-refractivity contribution >= 4 is 45.9 Å². The Balaban J connectivity index is 0.000000480. The summed E-state index contributed by atoms with van der Waals surface area (Å²) in [5.41, 5.74) is 6.47. The van der Waals surface area contributed by atoms with Gasteiger partial charge >= 0.3 is 6.09 Å². The lowest BCUT2D eigenvalue weighted by molar-refractivity contribution is -0.0907. The number of hydrogen-bond acceptors (Lipinski definition) is 14. The number of rotatable bonds is 20. The van der Waals surface area contributed by atoms with Crippen LogP contribution in [0.5, 0.6) is 11.5 Å². The van der Waals surface area contributed by atoms with E-state index in [2.05, 4.69) is 48.4 Å². The number of nitrogens with zero attached hydrogens (tertiary/aromatic N) is 1. The van der Waals surface area contributed by atoms with Crippen molar-refractivity contribution in [3.63, 3.8) is 0 Å². The molecule has 0 aliphatic carbocycles. The zero-order valence-corrected chi connectivity index (χ0v) is 41.7. The second-order valence-corrected chi connectivity index (χ2v) is 25.0. The Labute approximate surface area is 385 Å². The Hall–Kier alpha value is -2.79. The Morgan fingerprint density at radius 2 is 1.58 bits per heavy atom. The topological polar surface area (TPSA) is 239 Å². The number of carbonyl (C=O) groups is 1. The quantitative estimate of drug-likeness (QED) is 0.103. The first-order valence-electron chi connectivity index (χ1n) is 21.6.